The molecule has 4 aromatic rings. The third-order valence-electron chi connectivity index (χ3n) is 8.64. The van der Waals surface area contributed by atoms with Gasteiger partial charge in [0.25, 0.3) is 5.91 Å². The number of benzene rings is 2. The number of likely N-dealkylation sites (tertiary alicyclic amines) is 1. The highest BCUT2D eigenvalue weighted by atomic mass is 32.1. The molecule has 1 atom stereocenters. The Hall–Kier alpha value is -3.08. The van der Waals surface area contributed by atoms with Gasteiger partial charge in [-0.1, -0.05) is 17.4 Å². The molecule has 2 aliphatic heterocycles. The molecule has 10 heteroatoms. The zero-order valence-electron chi connectivity index (χ0n) is 23.6. The molecule has 7 rings (SSSR count). The van der Waals surface area contributed by atoms with Crippen molar-refractivity contribution in [2.75, 3.05) is 39.4 Å². The third kappa shape index (κ3) is 5.89. The van der Waals surface area contributed by atoms with E-state index in [0.717, 1.165) is 79.1 Å². The number of nitrogens with zero attached hydrogens (tertiary/aromatic N) is 3. The minimum absolute atomic E-state index is 0.0383. The van der Waals surface area contributed by atoms with Gasteiger partial charge >= 0.3 is 0 Å². The summed E-state index contributed by atoms with van der Waals surface area (Å²) < 4.78 is 43.4. The number of halogens is 2. The molecule has 4 heterocycles. The SMILES string of the molecule is O=C(NCCCN1CCC(F)CC1)c1cc2sc3nc(-c4ccc([C@@H]5CCCO5)cc4F)cn3c2cc1OCC1CC1. The number of ether oxygens (including phenoxy) is 2. The van der Waals surface area contributed by atoms with Gasteiger partial charge in [-0.05, 0) is 81.2 Å². The van der Waals surface area contributed by atoms with Crippen LogP contribution in [0.4, 0.5) is 8.78 Å². The second-order valence-electron chi connectivity index (χ2n) is 11.8. The van der Waals surface area contributed by atoms with Gasteiger partial charge in [0.15, 0.2) is 4.96 Å². The molecule has 1 amide bonds. The summed E-state index contributed by atoms with van der Waals surface area (Å²) in [6.45, 7) is 4.25. The molecule has 3 aliphatic rings. The van der Waals surface area contributed by atoms with E-state index in [2.05, 4.69) is 10.2 Å². The van der Waals surface area contributed by atoms with Crippen molar-refractivity contribution in [2.24, 2.45) is 5.92 Å². The maximum atomic E-state index is 15.2. The van der Waals surface area contributed by atoms with Gasteiger partial charge in [-0.2, -0.15) is 0 Å². The molecule has 1 aliphatic carbocycles. The molecule has 0 spiro atoms. The Morgan fingerprint density at radius 2 is 2.00 bits per heavy atom. The van der Waals surface area contributed by atoms with E-state index < -0.39 is 6.17 Å². The Labute approximate surface area is 247 Å². The number of carbonyl (C=O) groups is 1. The summed E-state index contributed by atoms with van der Waals surface area (Å²) in [5.41, 5.74) is 3.28. The Bertz CT molecular complexity index is 1590. The van der Waals surface area contributed by atoms with Crippen LogP contribution >= 0.6 is 11.3 Å². The number of hydrogen-bond acceptors (Lipinski definition) is 6. The van der Waals surface area contributed by atoms with Crippen molar-refractivity contribution in [1.82, 2.24) is 19.6 Å². The largest absolute Gasteiger partial charge is 0.492 e. The van der Waals surface area contributed by atoms with Crippen LogP contribution in [-0.2, 0) is 4.74 Å². The Morgan fingerprint density at radius 3 is 2.76 bits per heavy atom. The van der Waals surface area contributed by atoms with E-state index in [0.29, 0.717) is 54.5 Å². The molecule has 2 aromatic carbocycles. The zero-order chi connectivity index (χ0) is 28.6. The normalized spacial score (nSPS) is 20.1. The average Bonchev–Trinajstić information content (AvgIpc) is 3.34. The predicted octanol–water partition coefficient (Wildman–Crippen LogP) is 6.55. The summed E-state index contributed by atoms with van der Waals surface area (Å²) in [7, 11) is 0. The van der Waals surface area contributed by atoms with Crippen molar-refractivity contribution in [2.45, 2.75) is 57.2 Å². The summed E-state index contributed by atoms with van der Waals surface area (Å²) in [4.78, 5) is 21.0. The van der Waals surface area contributed by atoms with Gasteiger partial charge in [0, 0.05) is 44.1 Å². The number of imidazole rings is 1. The minimum atomic E-state index is -0.680. The van der Waals surface area contributed by atoms with E-state index in [1.54, 1.807) is 12.1 Å². The molecule has 2 aromatic heterocycles. The number of thiazole rings is 1. The summed E-state index contributed by atoms with van der Waals surface area (Å²) in [6.07, 6.45) is 7.34. The first kappa shape index (κ1) is 27.7. The topological polar surface area (TPSA) is 68.1 Å². The second kappa shape index (κ2) is 11.9. The highest BCUT2D eigenvalue weighted by Gasteiger charge is 2.25. The van der Waals surface area contributed by atoms with E-state index in [4.69, 9.17) is 14.5 Å². The lowest BCUT2D eigenvalue weighted by Crippen LogP contribution is -2.36. The van der Waals surface area contributed by atoms with Crippen LogP contribution in [0.3, 0.4) is 0 Å². The van der Waals surface area contributed by atoms with Gasteiger partial charge in [-0.15, -0.1) is 0 Å². The van der Waals surface area contributed by atoms with Crippen LogP contribution in [0, 0.1) is 11.7 Å². The number of carbonyl (C=O) groups excluding carboxylic acids is 1. The lowest BCUT2D eigenvalue weighted by molar-refractivity contribution is 0.0945. The Balaban J connectivity index is 1.10. The number of amides is 1. The third-order valence-corrected chi connectivity index (χ3v) is 9.65. The first-order valence-corrected chi connectivity index (χ1v) is 16.0. The van der Waals surface area contributed by atoms with Crippen molar-refractivity contribution >= 4 is 32.4 Å². The molecule has 222 valence electrons. The maximum absolute atomic E-state index is 15.2. The highest BCUT2D eigenvalue weighted by Crippen LogP contribution is 2.37. The summed E-state index contributed by atoms with van der Waals surface area (Å²) in [5.74, 6) is 0.620. The van der Waals surface area contributed by atoms with Crippen LogP contribution < -0.4 is 10.1 Å². The number of hydrogen-bond donors (Lipinski definition) is 1. The molecule has 1 saturated carbocycles. The fraction of sp³-hybridized carbons (Fsp3) is 0.500. The van der Waals surface area contributed by atoms with Gasteiger partial charge in [0.1, 0.15) is 17.7 Å². The average molecular weight is 595 g/mol. The van der Waals surface area contributed by atoms with Crippen molar-refractivity contribution in [1.29, 1.82) is 0 Å². The van der Waals surface area contributed by atoms with Gasteiger partial charge in [-0.3, -0.25) is 9.20 Å². The van der Waals surface area contributed by atoms with Crippen LogP contribution in [0.5, 0.6) is 5.75 Å². The molecule has 7 nitrogen and oxygen atoms in total. The van der Waals surface area contributed by atoms with Crippen molar-refractivity contribution in [3.63, 3.8) is 0 Å². The molecule has 3 fully saturated rings. The molecule has 0 bridgehead atoms. The fourth-order valence-corrected chi connectivity index (χ4v) is 6.98. The van der Waals surface area contributed by atoms with E-state index in [9.17, 15) is 9.18 Å². The Kier molecular flexibility index (Phi) is 7.85. The van der Waals surface area contributed by atoms with Gasteiger partial charge < -0.3 is 19.7 Å². The number of aromatic nitrogens is 2. The van der Waals surface area contributed by atoms with Crippen molar-refractivity contribution in [3.05, 3.63) is 53.5 Å². The molecular formula is C32H36F2N4O3S. The minimum Gasteiger partial charge on any atom is -0.492 e. The predicted molar refractivity (Wildman–Crippen MR) is 160 cm³/mol. The first-order valence-electron chi connectivity index (χ1n) is 15.2. The molecule has 42 heavy (non-hydrogen) atoms. The Morgan fingerprint density at radius 1 is 1.14 bits per heavy atom. The number of piperidine rings is 1. The maximum Gasteiger partial charge on any atom is 0.255 e. The lowest BCUT2D eigenvalue weighted by atomic mass is 10.0. The number of rotatable bonds is 10. The number of alkyl halides is 1. The zero-order valence-corrected chi connectivity index (χ0v) is 24.4. The monoisotopic (exact) mass is 594 g/mol. The fourth-order valence-electron chi connectivity index (χ4n) is 5.95. The number of nitrogens with one attached hydrogen (secondary N) is 1. The van der Waals surface area contributed by atoms with E-state index in [-0.39, 0.29) is 17.8 Å². The van der Waals surface area contributed by atoms with Crippen LogP contribution in [0.15, 0.2) is 36.5 Å². The molecule has 2 saturated heterocycles. The summed E-state index contributed by atoms with van der Waals surface area (Å²) in [6, 6.07) is 9.09. The van der Waals surface area contributed by atoms with Gasteiger partial charge in [-0.25, -0.2) is 13.8 Å². The summed E-state index contributed by atoms with van der Waals surface area (Å²) in [5, 5.41) is 3.06. The van der Waals surface area contributed by atoms with E-state index >= 15 is 4.39 Å². The van der Waals surface area contributed by atoms with Gasteiger partial charge in [0.05, 0.1) is 34.2 Å². The quantitative estimate of drug-likeness (QED) is 0.211. The molecule has 0 unspecified atom stereocenters. The van der Waals surface area contributed by atoms with Crippen LogP contribution in [0.2, 0.25) is 0 Å². The first-order chi connectivity index (χ1) is 20.5. The number of fused-ring (bicyclic) bond motifs is 3. The van der Waals surface area contributed by atoms with E-state index in [1.807, 2.05) is 28.8 Å². The van der Waals surface area contributed by atoms with Crippen molar-refractivity contribution in [3.8, 4) is 17.0 Å². The molecular weight excluding hydrogens is 558 g/mol. The van der Waals surface area contributed by atoms with Crippen LogP contribution in [-0.4, -0.2) is 65.8 Å². The molecule has 1 N–H and O–H groups in total. The van der Waals surface area contributed by atoms with E-state index in [1.165, 1.54) is 11.3 Å². The highest BCUT2D eigenvalue weighted by molar-refractivity contribution is 7.23. The smallest absolute Gasteiger partial charge is 0.255 e. The lowest BCUT2D eigenvalue weighted by Gasteiger charge is -2.28. The van der Waals surface area contributed by atoms with Crippen LogP contribution in [0.1, 0.15) is 67.0 Å². The standard InChI is InChI=1S/C32H36F2N4O3S/c33-22-8-12-37(13-9-22)11-2-10-35-31(39)24-16-30-27(17-29(24)41-19-20-4-5-20)38-18-26(36-32(38)42-30)23-7-6-21(15-25(23)34)28-3-1-14-40-28/h6-7,15-18,20,22,28H,1-5,8-14,19H2,(H,35,39)/t28-/m0/s1. The summed E-state index contributed by atoms with van der Waals surface area (Å²) >= 11 is 1.47. The second-order valence-corrected chi connectivity index (χ2v) is 12.8. The van der Waals surface area contributed by atoms with Gasteiger partial charge in [0.2, 0.25) is 0 Å². The van der Waals surface area contributed by atoms with Crippen molar-refractivity contribution < 1.29 is 23.0 Å². The van der Waals surface area contributed by atoms with Crippen LogP contribution in [0.25, 0.3) is 26.4 Å². The molecule has 0 radical (unpaired) electrons.